The lowest BCUT2D eigenvalue weighted by Gasteiger charge is -2.31. The van der Waals surface area contributed by atoms with Gasteiger partial charge in [-0.2, -0.15) is 0 Å². The second-order valence-electron chi connectivity index (χ2n) is 4.86. The summed E-state index contributed by atoms with van der Waals surface area (Å²) in [6.07, 6.45) is 3.96. The third-order valence-electron chi connectivity index (χ3n) is 3.42. The number of hydrogen-bond acceptors (Lipinski definition) is 4. The molecule has 1 aromatic rings. The number of piperidine rings is 1. The molecule has 1 aliphatic rings. The van der Waals surface area contributed by atoms with E-state index in [9.17, 15) is 8.42 Å². The predicted molar refractivity (Wildman–Crippen MR) is 73.7 cm³/mol. The second-order valence-corrected chi connectivity index (χ2v) is 7.32. The Labute approximate surface area is 118 Å². The number of aryl methyl sites for hydroxylation is 1. The van der Waals surface area contributed by atoms with Crippen LogP contribution < -0.4 is 0 Å². The minimum atomic E-state index is -3.19. The maximum absolute atomic E-state index is 12.2. The summed E-state index contributed by atoms with van der Waals surface area (Å²) < 4.78 is 27.8. The molecule has 2 heterocycles. The molecule has 1 saturated heterocycles. The van der Waals surface area contributed by atoms with E-state index in [1.54, 1.807) is 10.6 Å². The molecule has 0 aliphatic carbocycles. The highest BCUT2D eigenvalue weighted by molar-refractivity contribution is 7.89. The number of nitrogens with zero attached hydrogens (tertiary/aromatic N) is 4. The van der Waals surface area contributed by atoms with Gasteiger partial charge in [0.15, 0.2) is 0 Å². The first-order valence-electron chi connectivity index (χ1n) is 6.42. The molecule has 0 bridgehead atoms. The van der Waals surface area contributed by atoms with Crippen LogP contribution in [-0.2, 0) is 17.1 Å². The van der Waals surface area contributed by atoms with Gasteiger partial charge in [0.05, 0.1) is 5.75 Å². The summed E-state index contributed by atoms with van der Waals surface area (Å²) in [6, 6.07) is 0. The molecule has 1 aromatic heterocycles. The lowest BCUT2D eigenvalue weighted by Crippen LogP contribution is -2.40. The Bertz CT molecular complexity index is 517. The molecule has 1 atom stereocenters. The average Bonchev–Trinajstić information content (AvgIpc) is 2.83. The molecule has 1 fully saturated rings. The summed E-state index contributed by atoms with van der Waals surface area (Å²) in [7, 11) is -1.31. The monoisotopic (exact) mass is 306 g/mol. The Morgan fingerprint density at radius 2 is 2.32 bits per heavy atom. The number of alkyl halides is 1. The zero-order valence-corrected chi connectivity index (χ0v) is 12.6. The van der Waals surface area contributed by atoms with Crippen molar-refractivity contribution >= 4 is 21.6 Å². The zero-order valence-electron chi connectivity index (χ0n) is 11.0. The molecule has 2 rings (SSSR count). The molecule has 108 valence electrons. The Balaban J connectivity index is 2.07. The Kier molecular flexibility index (Phi) is 4.81. The minimum Gasteiger partial charge on any atom is -0.320 e. The van der Waals surface area contributed by atoms with E-state index in [2.05, 4.69) is 10.2 Å². The maximum atomic E-state index is 12.2. The van der Waals surface area contributed by atoms with Gasteiger partial charge in [-0.3, -0.25) is 0 Å². The van der Waals surface area contributed by atoms with Crippen molar-refractivity contribution in [2.24, 2.45) is 7.05 Å². The van der Waals surface area contributed by atoms with Gasteiger partial charge in [0, 0.05) is 31.9 Å². The van der Waals surface area contributed by atoms with Gasteiger partial charge in [-0.15, -0.1) is 21.8 Å². The van der Waals surface area contributed by atoms with Crippen molar-refractivity contribution in [3.63, 3.8) is 0 Å². The second kappa shape index (κ2) is 6.19. The number of hydrogen-bond donors (Lipinski definition) is 0. The quantitative estimate of drug-likeness (QED) is 0.760. The highest BCUT2D eigenvalue weighted by atomic mass is 35.5. The highest BCUT2D eigenvalue weighted by Crippen LogP contribution is 2.26. The van der Waals surface area contributed by atoms with Crippen molar-refractivity contribution in [3.05, 3.63) is 12.2 Å². The zero-order chi connectivity index (χ0) is 13.9. The number of sulfonamides is 1. The summed E-state index contributed by atoms with van der Waals surface area (Å²) >= 11 is 5.57. The van der Waals surface area contributed by atoms with Crippen LogP contribution in [0.25, 0.3) is 0 Å². The fraction of sp³-hybridized carbons (Fsp3) is 0.818. The number of rotatable bonds is 5. The van der Waals surface area contributed by atoms with Gasteiger partial charge in [-0.25, -0.2) is 12.7 Å². The molecular formula is C11H19ClN4O2S. The van der Waals surface area contributed by atoms with Gasteiger partial charge >= 0.3 is 0 Å². The predicted octanol–water partition coefficient (Wildman–Crippen LogP) is 0.953. The van der Waals surface area contributed by atoms with Crippen LogP contribution in [0.3, 0.4) is 0 Å². The first kappa shape index (κ1) is 14.7. The maximum Gasteiger partial charge on any atom is 0.214 e. The van der Waals surface area contributed by atoms with Crippen LogP contribution in [0.2, 0.25) is 0 Å². The van der Waals surface area contributed by atoms with E-state index in [-0.39, 0.29) is 11.7 Å². The molecule has 19 heavy (non-hydrogen) atoms. The van der Waals surface area contributed by atoms with Crippen LogP contribution in [0.4, 0.5) is 0 Å². The van der Waals surface area contributed by atoms with Crippen molar-refractivity contribution in [3.8, 4) is 0 Å². The topological polar surface area (TPSA) is 68.1 Å². The third kappa shape index (κ3) is 3.46. The highest BCUT2D eigenvalue weighted by Gasteiger charge is 2.31. The van der Waals surface area contributed by atoms with Gasteiger partial charge < -0.3 is 4.57 Å². The van der Waals surface area contributed by atoms with Crippen molar-refractivity contribution in [1.29, 1.82) is 0 Å². The number of aromatic nitrogens is 3. The molecule has 1 aliphatic heterocycles. The molecule has 0 amide bonds. The van der Waals surface area contributed by atoms with E-state index in [1.807, 2.05) is 11.6 Å². The fourth-order valence-electron chi connectivity index (χ4n) is 2.43. The average molecular weight is 307 g/mol. The van der Waals surface area contributed by atoms with Crippen LogP contribution in [0.5, 0.6) is 0 Å². The van der Waals surface area contributed by atoms with Gasteiger partial charge in [0.2, 0.25) is 10.0 Å². The SMILES string of the molecule is Cn1cnnc1C1CCCN(S(=O)(=O)CCCCl)C1. The Morgan fingerprint density at radius 1 is 1.53 bits per heavy atom. The molecule has 0 aromatic carbocycles. The Hall–Kier alpha value is -0.660. The minimum absolute atomic E-state index is 0.127. The largest absolute Gasteiger partial charge is 0.320 e. The van der Waals surface area contributed by atoms with E-state index in [0.717, 1.165) is 18.7 Å². The van der Waals surface area contributed by atoms with Crippen molar-refractivity contribution in [2.45, 2.75) is 25.2 Å². The smallest absolute Gasteiger partial charge is 0.214 e. The summed E-state index contributed by atoms with van der Waals surface area (Å²) in [5.41, 5.74) is 0. The van der Waals surface area contributed by atoms with Crippen molar-refractivity contribution in [1.82, 2.24) is 19.1 Å². The normalized spacial score (nSPS) is 21.7. The molecule has 1 unspecified atom stereocenters. The summed E-state index contributed by atoms with van der Waals surface area (Å²) in [5, 5.41) is 7.95. The van der Waals surface area contributed by atoms with E-state index in [0.29, 0.717) is 25.4 Å². The van der Waals surface area contributed by atoms with E-state index in [4.69, 9.17) is 11.6 Å². The summed E-state index contributed by atoms with van der Waals surface area (Å²) in [6.45, 7) is 1.09. The standard InChI is InChI=1S/C11H19ClN4O2S/c1-15-9-13-14-11(15)10-4-2-6-16(8-10)19(17,18)7-3-5-12/h9-10H,2-8H2,1H3. The summed E-state index contributed by atoms with van der Waals surface area (Å²) in [4.78, 5) is 0. The first-order chi connectivity index (χ1) is 9.04. The fourth-order valence-corrected chi connectivity index (χ4v) is 4.31. The van der Waals surface area contributed by atoms with Crippen LogP contribution >= 0.6 is 11.6 Å². The lowest BCUT2D eigenvalue weighted by molar-refractivity contribution is 0.306. The third-order valence-corrected chi connectivity index (χ3v) is 5.62. The van der Waals surface area contributed by atoms with Gasteiger partial charge in [0.1, 0.15) is 12.2 Å². The van der Waals surface area contributed by atoms with Crippen LogP contribution in [0.15, 0.2) is 6.33 Å². The van der Waals surface area contributed by atoms with Crippen LogP contribution in [-0.4, -0.2) is 52.2 Å². The molecular weight excluding hydrogens is 288 g/mol. The van der Waals surface area contributed by atoms with Gasteiger partial charge in [-0.1, -0.05) is 0 Å². The number of halogens is 1. The summed E-state index contributed by atoms with van der Waals surface area (Å²) in [5.74, 6) is 1.49. The first-order valence-corrected chi connectivity index (χ1v) is 8.56. The molecule has 0 N–H and O–H groups in total. The Morgan fingerprint density at radius 3 is 2.95 bits per heavy atom. The van der Waals surface area contributed by atoms with Crippen LogP contribution in [0.1, 0.15) is 31.0 Å². The molecule has 0 spiro atoms. The molecule has 8 heteroatoms. The van der Waals surface area contributed by atoms with Crippen molar-refractivity contribution in [2.75, 3.05) is 24.7 Å². The van der Waals surface area contributed by atoms with Crippen LogP contribution in [0, 0.1) is 0 Å². The van der Waals surface area contributed by atoms with E-state index >= 15 is 0 Å². The molecule has 0 radical (unpaired) electrons. The van der Waals surface area contributed by atoms with E-state index < -0.39 is 10.0 Å². The van der Waals surface area contributed by atoms with Crippen molar-refractivity contribution < 1.29 is 8.42 Å². The molecule has 0 saturated carbocycles. The lowest BCUT2D eigenvalue weighted by atomic mass is 9.99. The van der Waals surface area contributed by atoms with E-state index in [1.165, 1.54) is 0 Å². The van der Waals surface area contributed by atoms with Gasteiger partial charge in [-0.05, 0) is 19.3 Å². The molecule has 6 nitrogen and oxygen atoms in total. The van der Waals surface area contributed by atoms with Gasteiger partial charge in [0.25, 0.3) is 0 Å².